The van der Waals surface area contributed by atoms with Gasteiger partial charge < -0.3 is 5.32 Å². The van der Waals surface area contributed by atoms with E-state index in [4.69, 9.17) is 0 Å². The molecule has 0 aliphatic carbocycles. The zero-order valence-electron chi connectivity index (χ0n) is 12.5. The minimum Gasteiger partial charge on any atom is -0.309 e. The fraction of sp³-hybridized carbons (Fsp3) is 0.667. The van der Waals surface area contributed by atoms with E-state index in [1.54, 1.807) is 11.3 Å². The van der Waals surface area contributed by atoms with E-state index >= 15 is 0 Å². The zero-order chi connectivity index (χ0) is 13.8. The third-order valence-corrected chi connectivity index (χ3v) is 4.63. The van der Waals surface area contributed by atoms with Gasteiger partial charge in [0.2, 0.25) is 0 Å². The van der Waals surface area contributed by atoms with Gasteiger partial charge >= 0.3 is 0 Å². The average Bonchev–Trinajstić information content (AvgIpc) is 2.87. The Morgan fingerprint density at radius 2 is 2.16 bits per heavy atom. The van der Waals surface area contributed by atoms with Crippen molar-refractivity contribution < 1.29 is 0 Å². The summed E-state index contributed by atoms with van der Waals surface area (Å²) >= 11 is 1.72. The monoisotopic (exact) mass is 279 g/mol. The van der Waals surface area contributed by atoms with Crippen molar-refractivity contribution in [3.63, 3.8) is 0 Å². The molecule has 0 saturated carbocycles. The molecule has 3 nitrogen and oxygen atoms in total. The molecular weight excluding hydrogens is 254 g/mol. The molecule has 19 heavy (non-hydrogen) atoms. The van der Waals surface area contributed by atoms with Crippen LogP contribution in [0.5, 0.6) is 0 Å². The minimum atomic E-state index is 0.579. The van der Waals surface area contributed by atoms with Gasteiger partial charge in [0.25, 0.3) is 0 Å². The van der Waals surface area contributed by atoms with Crippen molar-refractivity contribution in [1.82, 2.24) is 14.7 Å². The number of nitrogens with one attached hydrogen (secondary N) is 1. The smallest absolute Gasteiger partial charge is 0.194 e. The molecule has 2 rings (SSSR count). The highest BCUT2D eigenvalue weighted by Gasteiger charge is 2.12. The summed E-state index contributed by atoms with van der Waals surface area (Å²) in [4.78, 5) is 5.74. The summed E-state index contributed by atoms with van der Waals surface area (Å²) in [6, 6.07) is 0.579. The van der Waals surface area contributed by atoms with E-state index in [0.717, 1.165) is 17.2 Å². The van der Waals surface area contributed by atoms with Crippen LogP contribution in [-0.4, -0.2) is 15.4 Å². The molecule has 2 aromatic heterocycles. The van der Waals surface area contributed by atoms with Crippen molar-refractivity contribution in [1.29, 1.82) is 0 Å². The number of rotatable bonds is 7. The predicted octanol–water partition coefficient (Wildman–Crippen LogP) is 4.07. The van der Waals surface area contributed by atoms with Crippen molar-refractivity contribution in [3.8, 4) is 0 Å². The number of unbranched alkanes of at least 4 members (excludes halogenated alkanes) is 2. The average molecular weight is 279 g/mol. The van der Waals surface area contributed by atoms with Crippen LogP contribution in [0.2, 0.25) is 0 Å². The van der Waals surface area contributed by atoms with Crippen LogP contribution < -0.4 is 5.32 Å². The quantitative estimate of drug-likeness (QED) is 0.774. The molecule has 0 radical (unpaired) electrons. The Balaban J connectivity index is 1.97. The second-order valence-electron chi connectivity index (χ2n) is 5.42. The van der Waals surface area contributed by atoms with E-state index in [9.17, 15) is 0 Å². The molecule has 1 atom stereocenters. The zero-order valence-corrected chi connectivity index (χ0v) is 13.3. The van der Waals surface area contributed by atoms with Crippen LogP contribution in [0.3, 0.4) is 0 Å². The molecule has 2 aromatic rings. The Hall–Kier alpha value is -0.870. The number of aryl methyl sites for hydroxylation is 2. The van der Waals surface area contributed by atoms with Crippen molar-refractivity contribution in [2.75, 3.05) is 0 Å². The molecule has 0 fully saturated rings. The second kappa shape index (κ2) is 6.53. The largest absolute Gasteiger partial charge is 0.309 e. The van der Waals surface area contributed by atoms with Crippen LogP contribution in [0.25, 0.3) is 4.96 Å². The molecule has 0 saturated heterocycles. The lowest BCUT2D eigenvalue weighted by Gasteiger charge is -2.13. The van der Waals surface area contributed by atoms with E-state index < -0.39 is 0 Å². The van der Waals surface area contributed by atoms with Gasteiger partial charge in [-0.1, -0.05) is 26.2 Å². The van der Waals surface area contributed by atoms with E-state index in [1.165, 1.54) is 37.1 Å². The minimum absolute atomic E-state index is 0.579. The Morgan fingerprint density at radius 3 is 2.89 bits per heavy atom. The van der Waals surface area contributed by atoms with Gasteiger partial charge in [-0.05, 0) is 27.2 Å². The normalized spacial score (nSPS) is 13.3. The van der Waals surface area contributed by atoms with Crippen LogP contribution in [0, 0.1) is 13.8 Å². The predicted molar refractivity (Wildman–Crippen MR) is 83.0 cm³/mol. The summed E-state index contributed by atoms with van der Waals surface area (Å²) in [6.45, 7) is 9.71. The SMILES string of the molecule is CCCCCC(C)NCc1c(C)nc2scc(C)n12. The lowest BCUT2D eigenvalue weighted by Crippen LogP contribution is -2.26. The molecule has 0 aliphatic rings. The standard InChI is InChI=1S/C15H25N3S/c1-5-6-7-8-11(2)16-9-14-13(4)17-15-18(14)12(3)10-19-15/h10-11,16H,5-9H2,1-4H3. The van der Waals surface area contributed by atoms with Crippen molar-refractivity contribution in [2.45, 2.75) is 66.0 Å². The van der Waals surface area contributed by atoms with Crippen molar-refractivity contribution >= 4 is 16.3 Å². The van der Waals surface area contributed by atoms with Gasteiger partial charge in [-0.3, -0.25) is 4.40 Å². The first-order valence-electron chi connectivity index (χ1n) is 7.29. The highest BCUT2D eigenvalue weighted by molar-refractivity contribution is 7.15. The maximum Gasteiger partial charge on any atom is 0.194 e. The fourth-order valence-electron chi connectivity index (χ4n) is 2.45. The number of fused-ring (bicyclic) bond motifs is 1. The first-order valence-corrected chi connectivity index (χ1v) is 8.16. The Kier molecular flexibility index (Phi) is 4.99. The highest BCUT2D eigenvalue weighted by Crippen LogP contribution is 2.20. The van der Waals surface area contributed by atoms with E-state index in [1.807, 2.05) is 0 Å². The van der Waals surface area contributed by atoms with Crippen molar-refractivity contribution in [2.24, 2.45) is 0 Å². The molecule has 0 aliphatic heterocycles. The molecule has 0 spiro atoms. The fourth-order valence-corrected chi connectivity index (χ4v) is 3.38. The number of hydrogen-bond acceptors (Lipinski definition) is 3. The molecule has 1 unspecified atom stereocenters. The topological polar surface area (TPSA) is 29.3 Å². The second-order valence-corrected chi connectivity index (χ2v) is 6.25. The van der Waals surface area contributed by atoms with Gasteiger partial charge in [-0.2, -0.15) is 0 Å². The Morgan fingerprint density at radius 1 is 1.37 bits per heavy atom. The molecule has 0 aromatic carbocycles. The first-order chi connectivity index (χ1) is 9.13. The molecule has 2 heterocycles. The van der Waals surface area contributed by atoms with Crippen LogP contribution in [0.4, 0.5) is 0 Å². The summed E-state index contributed by atoms with van der Waals surface area (Å²) in [5, 5.41) is 5.81. The lowest BCUT2D eigenvalue weighted by atomic mass is 10.1. The molecule has 0 amide bonds. The van der Waals surface area contributed by atoms with Gasteiger partial charge in [0.15, 0.2) is 4.96 Å². The van der Waals surface area contributed by atoms with E-state index in [-0.39, 0.29) is 0 Å². The third-order valence-electron chi connectivity index (χ3n) is 3.69. The van der Waals surface area contributed by atoms with Gasteiger partial charge in [-0.25, -0.2) is 4.98 Å². The van der Waals surface area contributed by atoms with Gasteiger partial charge in [0, 0.05) is 23.7 Å². The van der Waals surface area contributed by atoms with Crippen LogP contribution in [-0.2, 0) is 6.54 Å². The molecule has 0 bridgehead atoms. The maximum absolute atomic E-state index is 4.63. The Labute approximate surface area is 120 Å². The number of imidazole rings is 1. The summed E-state index contributed by atoms with van der Waals surface area (Å²) in [5.41, 5.74) is 3.76. The lowest BCUT2D eigenvalue weighted by molar-refractivity contribution is 0.482. The van der Waals surface area contributed by atoms with E-state index in [0.29, 0.717) is 6.04 Å². The van der Waals surface area contributed by atoms with Gasteiger partial charge in [-0.15, -0.1) is 11.3 Å². The summed E-state index contributed by atoms with van der Waals surface area (Å²) in [7, 11) is 0. The number of aromatic nitrogens is 2. The highest BCUT2D eigenvalue weighted by atomic mass is 32.1. The summed E-state index contributed by atoms with van der Waals surface area (Å²) in [5.74, 6) is 0. The number of thiazole rings is 1. The van der Waals surface area contributed by atoms with E-state index in [2.05, 4.69) is 47.8 Å². The molecule has 1 N–H and O–H groups in total. The van der Waals surface area contributed by atoms with Crippen LogP contribution >= 0.6 is 11.3 Å². The van der Waals surface area contributed by atoms with Gasteiger partial charge in [0.1, 0.15) is 0 Å². The van der Waals surface area contributed by atoms with Crippen LogP contribution in [0.1, 0.15) is 56.6 Å². The van der Waals surface area contributed by atoms with Crippen LogP contribution in [0.15, 0.2) is 5.38 Å². The van der Waals surface area contributed by atoms with Gasteiger partial charge in [0.05, 0.1) is 11.4 Å². The number of nitrogens with zero attached hydrogens (tertiary/aromatic N) is 2. The Bertz CT molecular complexity index is 527. The first kappa shape index (κ1) is 14.5. The molecular formula is C15H25N3S. The number of hydrogen-bond donors (Lipinski definition) is 1. The summed E-state index contributed by atoms with van der Waals surface area (Å²) in [6.07, 6.45) is 5.22. The summed E-state index contributed by atoms with van der Waals surface area (Å²) < 4.78 is 2.28. The third kappa shape index (κ3) is 3.37. The molecule has 106 valence electrons. The molecule has 4 heteroatoms. The van der Waals surface area contributed by atoms with Crippen molar-refractivity contribution in [3.05, 3.63) is 22.5 Å². The maximum atomic E-state index is 4.63.